The number of halogens is 1. The maximum atomic E-state index is 9.06. The summed E-state index contributed by atoms with van der Waals surface area (Å²) >= 11 is 3.77. The number of rotatable bonds is 5. The van der Waals surface area contributed by atoms with Crippen LogP contribution in [-0.2, 0) is 6.42 Å². The Kier molecular flexibility index (Phi) is 4.68. The number of hydrogen-bond donors (Lipinski definition) is 1. The molecule has 0 bridgehead atoms. The van der Waals surface area contributed by atoms with Crippen molar-refractivity contribution >= 4 is 26.8 Å². The predicted molar refractivity (Wildman–Crippen MR) is 96.0 cm³/mol. The van der Waals surface area contributed by atoms with Crippen LogP contribution < -0.4 is 4.74 Å². The van der Waals surface area contributed by atoms with Gasteiger partial charge in [0, 0.05) is 21.9 Å². The molecule has 2 aromatic carbocycles. The van der Waals surface area contributed by atoms with Crippen LogP contribution in [-0.4, -0.2) is 11.6 Å². The zero-order valence-electron chi connectivity index (χ0n) is 12.8. The molecule has 116 valence electrons. The number of hydrogen-bond acceptors (Lipinski definition) is 2. The van der Waals surface area contributed by atoms with Crippen LogP contribution in [0.3, 0.4) is 0 Å². The van der Waals surface area contributed by atoms with Crippen molar-refractivity contribution in [2.45, 2.75) is 18.2 Å². The molecule has 1 aromatic heterocycles. The topological polar surface area (TPSA) is 48.8 Å². The van der Waals surface area contributed by atoms with E-state index >= 15 is 0 Å². The molecule has 4 heteroatoms. The van der Waals surface area contributed by atoms with Crippen molar-refractivity contribution in [1.82, 2.24) is 4.98 Å². The minimum absolute atomic E-state index is 0.237. The summed E-state index contributed by atoms with van der Waals surface area (Å²) in [5, 5.41) is 10.0. The number of aromatic nitrogens is 1. The van der Waals surface area contributed by atoms with E-state index in [4.69, 9.17) is 10.00 Å². The van der Waals surface area contributed by atoms with Gasteiger partial charge in [-0.3, -0.25) is 0 Å². The van der Waals surface area contributed by atoms with Crippen molar-refractivity contribution < 1.29 is 4.74 Å². The second-order valence-electron chi connectivity index (χ2n) is 5.37. The van der Waals surface area contributed by atoms with Crippen LogP contribution in [0.5, 0.6) is 5.75 Å². The summed E-state index contributed by atoms with van der Waals surface area (Å²) in [4.78, 5) is 3.40. The van der Waals surface area contributed by atoms with Gasteiger partial charge in [-0.15, -0.1) is 0 Å². The Balaban J connectivity index is 1.76. The summed E-state index contributed by atoms with van der Waals surface area (Å²) < 4.78 is 5.47. The van der Waals surface area contributed by atoms with E-state index < -0.39 is 0 Å². The van der Waals surface area contributed by atoms with Crippen LogP contribution in [0.25, 0.3) is 10.9 Å². The van der Waals surface area contributed by atoms with E-state index in [2.05, 4.69) is 51.2 Å². The van der Waals surface area contributed by atoms with Crippen molar-refractivity contribution in [2.24, 2.45) is 0 Å². The largest absolute Gasteiger partial charge is 0.494 e. The summed E-state index contributed by atoms with van der Waals surface area (Å²) in [5.41, 5.74) is 4.14. The Morgan fingerprint density at radius 2 is 2.00 bits per heavy atom. The van der Waals surface area contributed by atoms with E-state index in [1.807, 2.05) is 25.1 Å². The molecule has 3 aromatic rings. The quantitative estimate of drug-likeness (QED) is 0.635. The minimum Gasteiger partial charge on any atom is -0.494 e. The Morgan fingerprint density at radius 1 is 1.22 bits per heavy atom. The van der Waals surface area contributed by atoms with Gasteiger partial charge in [0.1, 0.15) is 11.8 Å². The number of H-pyrrole nitrogens is 1. The molecule has 0 aliphatic rings. The van der Waals surface area contributed by atoms with Crippen LogP contribution in [0.1, 0.15) is 28.4 Å². The van der Waals surface area contributed by atoms with Gasteiger partial charge in [-0.25, -0.2) is 0 Å². The van der Waals surface area contributed by atoms with Gasteiger partial charge in [-0.1, -0.05) is 40.2 Å². The second kappa shape index (κ2) is 6.89. The summed E-state index contributed by atoms with van der Waals surface area (Å²) in [7, 11) is 0. The number of nitriles is 1. The summed E-state index contributed by atoms with van der Waals surface area (Å²) in [6, 6.07) is 16.6. The Bertz CT molecular complexity index is 846. The monoisotopic (exact) mass is 368 g/mol. The molecule has 0 saturated carbocycles. The third-order valence-corrected chi connectivity index (χ3v) is 4.69. The van der Waals surface area contributed by atoms with Crippen molar-refractivity contribution in [1.29, 1.82) is 5.26 Å². The van der Waals surface area contributed by atoms with E-state index in [0.717, 1.165) is 23.1 Å². The lowest BCUT2D eigenvalue weighted by Gasteiger charge is -2.11. The van der Waals surface area contributed by atoms with Crippen molar-refractivity contribution in [3.05, 3.63) is 65.4 Å². The maximum Gasteiger partial charge on any atom is 0.119 e. The van der Waals surface area contributed by atoms with Crippen molar-refractivity contribution in [3.63, 3.8) is 0 Å². The fourth-order valence-corrected chi connectivity index (χ4v) is 3.34. The van der Waals surface area contributed by atoms with Gasteiger partial charge in [0.2, 0.25) is 0 Å². The van der Waals surface area contributed by atoms with Gasteiger partial charge in [0.05, 0.1) is 12.2 Å². The number of fused-ring (bicyclic) bond motifs is 1. The average molecular weight is 369 g/mol. The molecule has 1 unspecified atom stereocenters. The number of alkyl halides is 1. The van der Waals surface area contributed by atoms with E-state index in [1.165, 1.54) is 11.1 Å². The molecule has 0 fully saturated rings. The second-order valence-corrected chi connectivity index (χ2v) is 6.47. The first kappa shape index (κ1) is 15.6. The van der Waals surface area contributed by atoms with Gasteiger partial charge in [0.25, 0.3) is 0 Å². The van der Waals surface area contributed by atoms with Crippen LogP contribution in [0.2, 0.25) is 0 Å². The lowest BCUT2D eigenvalue weighted by atomic mass is 10.0. The highest BCUT2D eigenvalue weighted by Gasteiger charge is 2.10. The lowest BCUT2D eigenvalue weighted by Crippen LogP contribution is -1.96. The molecule has 1 atom stereocenters. The highest BCUT2D eigenvalue weighted by atomic mass is 79.9. The SMILES string of the molecule is CCOc1ccc(C(Br)Cc2ccc3c(C#N)c[nH]c3c2)cc1. The fourth-order valence-electron chi connectivity index (χ4n) is 2.66. The highest BCUT2D eigenvalue weighted by Crippen LogP contribution is 2.30. The lowest BCUT2D eigenvalue weighted by molar-refractivity contribution is 0.340. The normalized spacial score (nSPS) is 12.0. The minimum atomic E-state index is 0.237. The molecule has 3 nitrogen and oxygen atoms in total. The van der Waals surface area contributed by atoms with E-state index in [0.29, 0.717) is 12.2 Å². The molecule has 0 aliphatic carbocycles. The Hall–Kier alpha value is -2.25. The number of nitrogens with zero attached hydrogens (tertiary/aromatic N) is 1. The summed E-state index contributed by atoms with van der Waals surface area (Å²) in [6.07, 6.45) is 2.64. The number of aromatic amines is 1. The summed E-state index contributed by atoms with van der Waals surface area (Å²) in [5.74, 6) is 0.896. The molecule has 1 N–H and O–H groups in total. The van der Waals surface area contributed by atoms with Gasteiger partial charge < -0.3 is 9.72 Å². The molecule has 23 heavy (non-hydrogen) atoms. The average Bonchev–Trinajstić information content (AvgIpc) is 2.98. The molecule has 0 saturated heterocycles. The first-order valence-corrected chi connectivity index (χ1v) is 8.49. The highest BCUT2D eigenvalue weighted by molar-refractivity contribution is 9.09. The molecular weight excluding hydrogens is 352 g/mol. The van der Waals surface area contributed by atoms with Crippen LogP contribution in [0.4, 0.5) is 0 Å². The number of nitrogens with one attached hydrogen (secondary N) is 1. The predicted octanol–water partition coefficient (Wildman–Crippen LogP) is 5.12. The fraction of sp³-hybridized carbons (Fsp3) is 0.211. The molecule has 0 aliphatic heterocycles. The number of ether oxygens (including phenoxy) is 1. The van der Waals surface area contributed by atoms with Gasteiger partial charge >= 0.3 is 0 Å². The van der Waals surface area contributed by atoms with Gasteiger partial charge in [-0.05, 0) is 42.7 Å². The molecule has 3 rings (SSSR count). The van der Waals surface area contributed by atoms with E-state index in [-0.39, 0.29) is 4.83 Å². The zero-order chi connectivity index (χ0) is 16.2. The van der Waals surface area contributed by atoms with Crippen molar-refractivity contribution in [3.8, 4) is 11.8 Å². The maximum absolute atomic E-state index is 9.06. The van der Waals surface area contributed by atoms with Crippen molar-refractivity contribution in [2.75, 3.05) is 6.61 Å². The van der Waals surface area contributed by atoms with Crippen LogP contribution in [0.15, 0.2) is 48.7 Å². The number of benzene rings is 2. The molecule has 0 radical (unpaired) electrons. The van der Waals surface area contributed by atoms with Crippen LogP contribution >= 0.6 is 15.9 Å². The van der Waals surface area contributed by atoms with Gasteiger partial charge in [0.15, 0.2) is 0 Å². The van der Waals surface area contributed by atoms with Crippen LogP contribution in [0, 0.1) is 11.3 Å². The van der Waals surface area contributed by atoms with Gasteiger partial charge in [-0.2, -0.15) is 5.26 Å². The molecule has 1 heterocycles. The molecular formula is C19H17BrN2O. The molecule has 0 amide bonds. The Labute approximate surface area is 144 Å². The van der Waals surface area contributed by atoms with E-state index in [9.17, 15) is 0 Å². The van der Waals surface area contributed by atoms with E-state index in [1.54, 1.807) is 6.20 Å². The Morgan fingerprint density at radius 3 is 2.70 bits per heavy atom. The third kappa shape index (κ3) is 3.40. The smallest absolute Gasteiger partial charge is 0.119 e. The molecule has 0 spiro atoms. The first-order chi connectivity index (χ1) is 11.2. The standard InChI is InChI=1S/C19H17BrN2O/c1-2-23-16-6-4-14(5-7-16)18(20)9-13-3-8-17-15(11-21)12-22-19(17)10-13/h3-8,10,12,18,22H,2,9H2,1H3. The zero-order valence-corrected chi connectivity index (χ0v) is 14.4. The first-order valence-electron chi connectivity index (χ1n) is 7.58. The summed E-state index contributed by atoms with van der Waals surface area (Å²) in [6.45, 7) is 2.66. The third-order valence-electron chi connectivity index (χ3n) is 3.83.